The molecule has 0 saturated heterocycles. The van der Waals surface area contributed by atoms with Crippen molar-refractivity contribution in [2.45, 2.75) is 45.2 Å². The predicted molar refractivity (Wildman–Crippen MR) is 111 cm³/mol. The first-order valence-corrected chi connectivity index (χ1v) is 9.56. The summed E-state index contributed by atoms with van der Waals surface area (Å²) in [6, 6.07) is 15.9. The lowest BCUT2D eigenvalue weighted by Crippen LogP contribution is -2.46. The van der Waals surface area contributed by atoms with E-state index in [0.717, 1.165) is 30.8 Å². The molecule has 0 aromatic heterocycles. The van der Waals surface area contributed by atoms with Gasteiger partial charge in [0.1, 0.15) is 0 Å². The van der Waals surface area contributed by atoms with E-state index in [1.807, 2.05) is 44.2 Å². The molecule has 0 unspecified atom stereocenters. The summed E-state index contributed by atoms with van der Waals surface area (Å²) in [4.78, 5) is 25.6. The Labute approximate surface area is 165 Å². The number of hydrogen-bond acceptors (Lipinski definition) is 3. The molecule has 0 atom stereocenters. The first-order valence-electron chi connectivity index (χ1n) is 9.56. The van der Waals surface area contributed by atoms with Crippen LogP contribution in [0, 0.1) is 0 Å². The van der Waals surface area contributed by atoms with Crippen LogP contribution in [0.25, 0.3) is 0 Å². The van der Waals surface area contributed by atoms with Gasteiger partial charge < -0.3 is 20.6 Å². The standard InChI is InChI=1S/C22H27N3O3/c1-22(2,13-11-20(26)27)24-21(28)23-18-9-5-3-8-17(18)15-25-14-12-16-7-4-6-10-19(16)25/h3-10H,11-15H2,1-2H3,(H,26,27)(H2,23,24,28). The SMILES string of the molecule is CC(C)(CCC(=O)O)NC(=O)Nc1ccccc1CN1CCc2ccccc21. The average Bonchev–Trinajstić information content (AvgIpc) is 3.04. The summed E-state index contributed by atoms with van der Waals surface area (Å²) in [5.74, 6) is -0.869. The van der Waals surface area contributed by atoms with Crippen molar-refractivity contribution in [3.05, 3.63) is 59.7 Å². The van der Waals surface area contributed by atoms with E-state index < -0.39 is 11.5 Å². The zero-order chi connectivity index (χ0) is 20.1. The van der Waals surface area contributed by atoms with Gasteiger partial charge in [-0.05, 0) is 49.9 Å². The number of para-hydroxylation sites is 2. The lowest BCUT2D eigenvalue weighted by molar-refractivity contribution is -0.137. The number of rotatable bonds is 7. The Morgan fingerprint density at radius 2 is 1.82 bits per heavy atom. The minimum atomic E-state index is -0.869. The van der Waals surface area contributed by atoms with Crippen LogP contribution in [-0.4, -0.2) is 29.2 Å². The van der Waals surface area contributed by atoms with E-state index in [0.29, 0.717) is 6.42 Å². The highest BCUT2D eigenvalue weighted by Gasteiger charge is 2.23. The predicted octanol–water partition coefficient (Wildman–Crippen LogP) is 4.01. The maximum absolute atomic E-state index is 12.5. The van der Waals surface area contributed by atoms with E-state index in [1.165, 1.54) is 11.3 Å². The molecule has 6 nitrogen and oxygen atoms in total. The van der Waals surface area contributed by atoms with E-state index in [1.54, 1.807) is 0 Å². The third kappa shape index (κ3) is 5.03. The van der Waals surface area contributed by atoms with Crippen LogP contribution in [0.4, 0.5) is 16.2 Å². The molecule has 0 saturated carbocycles. The van der Waals surface area contributed by atoms with Crippen LogP contribution in [0.1, 0.15) is 37.8 Å². The summed E-state index contributed by atoms with van der Waals surface area (Å²) in [6.45, 7) is 5.32. The summed E-state index contributed by atoms with van der Waals surface area (Å²) in [5, 5.41) is 14.7. The van der Waals surface area contributed by atoms with Gasteiger partial charge in [-0.1, -0.05) is 36.4 Å². The van der Waals surface area contributed by atoms with Gasteiger partial charge in [-0.15, -0.1) is 0 Å². The number of carbonyl (C=O) groups excluding carboxylic acids is 1. The third-order valence-corrected chi connectivity index (χ3v) is 5.03. The molecule has 148 valence electrons. The van der Waals surface area contributed by atoms with Crippen molar-refractivity contribution in [3.8, 4) is 0 Å². The molecule has 28 heavy (non-hydrogen) atoms. The number of benzene rings is 2. The highest BCUT2D eigenvalue weighted by Crippen LogP contribution is 2.30. The maximum Gasteiger partial charge on any atom is 0.319 e. The number of hydrogen-bond donors (Lipinski definition) is 3. The Bertz CT molecular complexity index is 864. The summed E-state index contributed by atoms with van der Waals surface area (Å²) in [5.41, 5.74) is 3.80. The van der Waals surface area contributed by atoms with Gasteiger partial charge in [0.15, 0.2) is 0 Å². The quantitative estimate of drug-likeness (QED) is 0.677. The number of fused-ring (bicyclic) bond motifs is 1. The molecule has 1 aliphatic rings. The smallest absolute Gasteiger partial charge is 0.319 e. The van der Waals surface area contributed by atoms with Crippen molar-refractivity contribution in [1.82, 2.24) is 5.32 Å². The van der Waals surface area contributed by atoms with Crippen molar-refractivity contribution in [2.24, 2.45) is 0 Å². The molecule has 3 rings (SSSR count). The van der Waals surface area contributed by atoms with E-state index in [9.17, 15) is 9.59 Å². The molecule has 6 heteroatoms. The number of carboxylic acid groups (broad SMARTS) is 1. The second-order valence-corrected chi connectivity index (χ2v) is 7.81. The number of nitrogens with one attached hydrogen (secondary N) is 2. The highest BCUT2D eigenvalue weighted by molar-refractivity contribution is 5.90. The normalized spacial score (nSPS) is 13.1. The molecule has 1 aliphatic heterocycles. The molecular weight excluding hydrogens is 354 g/mol. The minimum absolute atomic E-state index is 0.0121. The van der Waals surface area contributed by atoms with Gasteiger partial charge >= 0.3 is 12.0 Å². The number of urea groups is 1. The number of carbonyl (C=O) groups is 2. The van der Waals surface area contributed by atoms with E-state index in [4.69, 9.17) is 5.11 Å². The lowest BCUT2D eigenvalue weighted by Gasteiger charge is -2.26. The topological polar surface area (TPSA) is 81.7 Å². The van der Waals surface area contributed by atoms with Crippen molar-refractivity contribution < 1.29 is 14.7 Å². The molecule has 2 aromatic carbocycles. The third-order valence-electron chi connectivity index (χ3n) is 5.03. The van der Waals surface area contributed by atoms with Crippen LogP contribution in [0.5, 0.6) is 0 Å². The first kappa shape index (κ1) is 19.7. The van der Waals surface area contributed by atoms with E-state index >= 15 is 0 Å². The summed E-state index contributed by atoms with van der Waals surface area (Å²) >= 11 is 0. The number of nitrogens with zero attached hydrogens (tertiary/aromatic N) is 1. The molecular formula is C22H27N3O3. The Hall–Kier alpha value is -3.02. The lowest BCUT2D eigenvalue weighted by atomic mass is 9.99. The Balaban J connectivity index is 1.66. The minimum Gasteiger partial charge on any atom is -0.481 e. The number of amides is 2. The fourth-order valence-electron chi connectivity index (χ4n) is 3.50. The van der Waals surface area contributed by atoms with E-state index in [2.05, 4.69) is 33.7 Å². The van der Waals surface area contributed by atoms with Gasteiger partial charge in [0.05, 0.1) is 0 Å². The highest BCUT2D eigenvalue weighted by atomic mass is 16.4. The molecule has 2 amide bonds. The summed E-state index contributed by atoms with van der Waals surface area (Å²) in [7, 11) is 0. The zero-order valence-electron chi connectivity index (χ0n) is 16.4. The second kappa shape index (κ2) is 8.33. The van der Waals surface area contributed by atoms with Crippen molar-refractivity contribution in [2.75, 3.05) is 16.8 Å². The van der Waals surface area contributed by atoms with E-state index in [-0.39, 0.29) is 12.5 Å². The molecule has 0 radical (unpaired) electrons. The molecule has 0 bridgehead atoms. The number of anilines is 2. The molecule has 0 fully saturated rings. The molecule has 0 aliphatic carbocycles. The summed E-state index contributed by atoms with van der Waals surface area (Å²) in [6.07, 6.45) is 1.41. The largest absolute Gasteiger partial charge is 0.481 e. The van der Waals surface area contributed by atoms with Crippen LogP contribution in [0.2, 0.25) is 0 Å². The van der Waals surface area contributed by atoms with Crippen molar-refractivity contribution >= 4 is 23.4 Å². The fourth-order valence-corrected chi connectivity index (χ4v) is 3.50. The van der Waals surface area contributed by atoms with Crippen LogP contribution < -0.4 is 15.5 Å². The first-order chi connectivity index (χ1) is 13.3. The monoisotopic (exact) mass is 381 g/mol. The number of aliphatic carboxylic acids is 1. The van der Waals surface area contributed by atoms with Gasteiger partial charge in [0, 0.05) is 36.4 Å². The van der Waals surface area contributed by atoms with Crippen LogP contribution in [0.15, 0.2) is 48.5 Å². The molecule has 0 spiro atoms. The van der Waals surface area contributed by atoms with Gasteiger partial charge in [0.2, 0.25) is 0 Å². The maximum atomic E-state index is 12.5. The van der Waals surface area contributed by atoms with Crippen molar-refractivity contribution in [1.29, 1.82) is 0 Å². The Morgan fingerprint density at radius 3 is 2.61 bits per heavy atom. The average molecular weight is 381 g/mol. The van der Waals surface area contributed by atoms with Gasteiger partial charge in [-0.2, -0.15) is 0 Å². The van der Waals surface area contributed by atoms with Crippen LogP contribution in [0.3, 0.4) is 0 Å². The van der Waals surface area contributed by atoms with Gasteiger partial charge in [-0.25, -0.2) is 4.79 Å². The van der Waals surface area contributed by atoms with Crippen LogP contribution in [-0.2, 0) is 17.8 Å². The van der Waals surface area contributed by atoms with Crippen molar-refractivity contribution in [3.63, 3.8) is 0 Å². The number of carboxylic acids is 1. The van der Waals surface area contributed by atoms with Gasteiger partial charge in [-0.3, -0.25) is 4.79 Å². The van der Waals surface area contributed by atoms with Crippen LogP contribution >= 0.6 is 0 Å². The second-order valence-electron chi connectivity index (χ2n) is 7.81. The fraction of sp³-hybridized carbons (Fsp3) is 0.364. The zero-order valence-corrected chi connectivity index (χ0v) is 16.4. The molecule has 3 N–H and O–H groups in total. The summed E-state index contributed by atoms with van der Waals surface area (Å²) < 4.78 is 0. The van der Waals surface area contributed by atoms with Gasteiger partial charge in [0.25, 0.3) is 0 Å². The Morgan fingerprint density at radius 1 is 1.11 bits per heavy atom. The molecule has 1 heterocycles. The molecule has 2 aromatic rings. The Kier molecular flexibility index (Phi) is 5.87.